The fourth-order valence-electron chi connectivity index (χ4n) is 1.74. The highest BCUT2D eigenvalue weighted by Crippen LogP contribution is 2.25. The van der Waals surface area contributed by atoms with Crippen molar-refractivity contribution in [3.63, 3.8) is 0 Å². The van der Waals surface area contributed by atoms with Crippen molar-refractivity contribution in [2.24, 2.45) is 0 Å². The first-order valence-electron chi connectivity index (χ1n) is 6.16. The van der Waals surface area contributed by atoms with Gasteiger partial charge in [0.2, 0.25) is 0 Å². The number of nitrogens with zero attached hydrogens (tertiary/aromatic N) is 1. The van der Waals surface area contributed by atoms with E-state index in [9.17, 15) is 18.0 Å². The second-order valence-electron chi connectivity index (χ2n) is 4.32. The Bertz CT molecular complexity index is 596. The van der Waals surface area contributed by atoms with Gasteiger partial charge in [-0.15, -0.1) is 0 Å². The molecule has 0 radical (unpaired) electrons. The summed E-state index contributed by atoms with van der Waals surface area (Å²) in [6.45, 7) is 0. The van der Waals surface area contributed by atoms with Crippen molar-refractivity contribution >= 4 is 17.5 Å². The maximum atomic E-state index is 12.3. The molecule has 1 aromatic heterocycles. The second-order valence-corrected chi connectivity index (χ2v) is 4.32. The number of anilines is 2. The number of carbonyl (C=O) groups is 1. The molecule has 0 bridgehead atoms. The Morgan fingerprint density at radius 2 is 1.95 bits per heavy atom. The number of hydrogen-bond acceptors (Lipinski definition) is 2. The standard InChI is InChI=1S/C13H13F3N4O/c14-13(15,16)7-5-9-3-1-2-4-10(9)18-12(21)19-11-6-8-17-20-11/h1-4,6,8H,5,7H2,(H3,17,18,19,20,21). The Hall–Kier alpha value is -2.51. The molecule has 0 saturated heterocycles. The maximum Gasteiger partial charge on any atom is 0.389 e. The van der Waals surface area contributed by atoms with Gasteiger partial charge >= 0.3 is 12.2 Å². The average Bonchev–Trinajstić information content (AvgIpc) is 2.89. The van der Waals surface area contributed by atoms with E-state index in [4.69, 9.17) is 0 Å². The number of nitrogens with one attached hydrogen (secondary N) is 3. The van der Waals surface area contributed by atoms with Gasteiger partial charge in [-0.2, -0.15) is 18.3 Å². The molecule has 0 aliphatic carbocycles. The van der Waals surface area contributed by atoms with Gasteiger partial charge in [-0.3, -0.25) is 10.4 Å². The number of carbonyl (C=O) groups excluding carboxylic acids is 1. The fourth-order valence-corrected chi connectivity index (χ4v) is 1.74. The van der Waals surface area contributed by atoms with E-state index in [1.165, 1.54) is 6.20 Å². The number of alkyl halides is 3. The van der Waals surface area contributed by atoms with Crippen molar-refractivity contribution in [2.45, 2.75) is 19.0 Å². The number of urea groups is 1. The van der Waals surface area contributed by atoms with E-state index in [0.717, 1.165) is 0 Å². The zero-order chi connectivity index (χ0) is 15.3. The number of halogens is 3. The van der Waals surface area contributed by atoms with E-state index in [0.29, 0.717) is 17.1 Å². The SMILES string of the molecule is O=C(Nc1ccn[nH]1)Nc1ccccc1CCC(F)(F)F. The highest BCUT2D eigenvalue weighted by molar-refractivity contribution is 5.99. The summed E-state index contributed by atoms with van der Waals surface area (Å²) < 4.78 is 36.8. The third-order valence-corrected chi connectivity index (χ3v) is 2.69. The zero-order valence-corrected chi connectivity index (χ0v) is 10.9. The van der Waals surface area contributed by atoms with Gasteiger partial charge in [-0.25, -0.2) is 4.79 Å². The van der Waals surface area contributed by atoms with Gasteiger partial charge in [-0.05, 0) is 18.1 Å². The zero-order valence-electron chi connectivity index (χ0n) is 10.9. The number of para-hydroxylation sites is 1. The van der Waals surface area contributed by atoms with E-state index in [-0.39, 0.29) is 6.42 Å². The molecule has 0 aliphatic heterocycles. The van der Waals surface area contributed by atoms with Gasteiger partial charge in [0.05, 0.1) is 6.20 Å². The van der Waals surface area contributed by atoms with E-state index in [1.807, 2.05) is 0 Å². The minimum Gasteiger partial charge on any atom is -0.307 e. The minimum atomic E-state index is -4.23. The highest BCUT2D eigenvalue weighted by Gasteiger charge is 2.27. The Morgan fingerprint density at radius 1 is 1.19 bits per heavy atom. The van der Waals surface area contributed by atoms with Gasteiger partial charge in [0.1, 0.15) is 5.82 Å². The smallest absolute Gasteiger partial charge is 0.307 e. The summed E-state index contributed by atoms with van der Waals surface area (Å²) in [5.41, 5.74) is 0.772. The molecule has 3 N–H and O–H groups in total. The summed E-state index contributed by atoms with van der Waals surface area (Å²) in [7, 11) is 0. The van der Waals surface area contributed by atoms with Crippen molar-refractivity contribution in [3.8, 4) is 0 Å². The highest BCUT2D eigenvalue weighted by atomic mass is 19.4. The van der Waals surface area contributed by atoms with Crippen LogP contribution in [0.4, 0.5) is 29.5 Å². The molecule has 0 fully saturated rings. The fraction of sp³-hybridized carbons (Fsp3) is 0.231. The molecule has 21 heavy (non-hydrogen) atoms. The summed E-state index contributed by atoms with van der Waals surface area (Å²) in [5.74, 6) is 0.389. The van der Waals surface area contributed by atoms with Crippen LogP contribution in [0.15, 0.2) is 36.5 Å². The van der Waals surface area contributed by atoms with Crippen molar-refractivity contribution in [3.05, 3.63) is 42.1 Å². The molecule has 0 spiro atoms. The molecule has 2 amide bonds. The quantitative estimate of drug-likeness (QED) is 0.808. The number of amides is 2. The number of aromatic nitrogens is 2. The lowest BCUT2D eigenvalue weighted by atomic mass is 10.1. The molecule has 5 nitrogen and oxygen atoms in total. The lowest BCUT2D eigenvalue weighted by molar-refractivity contribution is -0.133. The second kappa shape index (κ2) is 6.29. The number of hydrogen-bond donors (Lipinski definition) is 3. The third-order valence-electron chi connectivity index (χ3n) is 2.69. The average molecular weight is 298 g/mol. The van der Waals surface area contributed by atoms with Crippen LogP contribution in [0.3, 0.4) is 0 Å². The Kier molecular flexibility index (Phi) is 4.46. The van der Waals surface area contributed by atoms with Crippen molar-refractivity contribution < 1.29 is 18.0 Å². The van der Waals surface area contributed by atoms with Gasteiger partial charge in [0.25, 0.3) is 0 Å². The predicted octanol–water partition coefficient (Wildman–Crippen LogP) is 3.55. The molecular weight excluding hydrogens is 285 g/mol. The van der Waals surface area contributed by atoms with Crippen molar-refractivity contribution in [1.82, 2.24) is 10.2 Å². The van der Waals surface area contributed by atoms with Crippen LogP contribution >= 0.6 is 0 Å². The van der Waals surface area contributed by atoms with Crippen LogP contribution in [0, 0.1) is 0 Å². The van der Waals surface area contributed by atoms with Crippen molar-refractivity contribution in [1.29, 1.82) is 0 Å². The van der Waals surface area contributed by atoms with Crippen LogP contribution in [-0.2, 0) is 6.42 Å². The number of rotatable bonds is 4. The molecule has 2 rings (SSSR count). The molecule has 112 valence electrons. The van der Waals surface area contributed by atoms with Crippen LogP contribution in [0.1, 0.15) is 12.0 Å². The van der Waals surface area contributed by atoms with Crippen LogP contribution in [0.25, 0.3) is 0 Å². The number of aryl methyl sites for hydroxylation is 1. The largest absolute Gasteiger partial charge is 0.389 e. The molecule has 1 heterocycles. The maximum absolute atomic E-state index is 12.3. The molecule has 0 unspecified atom stereocenters. The first-order chi connectivity index (χ1) is 9.94. The van der Waals surface area contributed by atoms with Gasteiger partial charge in [0, 0.05) is 18.2 Å². The topological polar surface area (TPSA) is 69.8 Å². The Balaban J connectivity index is 2.00. The number of aromatic amines is 1. The van der Waals surface area contributed by atoms with Gasteiger partial charge < -0.3 is 5.32 Å². The van der Waals surface area contributed by atoms with E-state index < -0.39 is 18.6 Å². The van der Waals surface area contributed by atoms with Crippen LogP contribution < -0.4 is 10.6 Å². The first-order valence-corrected chi connectivity index (χ1v) is 6.16. The number of benzene rings is 1. The summed E-state index contributed by atoms with van der Waals surface area (Å²) in [6, 6.07) is 7.37. The monoisotopic (exact) mass is 298 g/mol. The summed E-state index contributed by atoms with van der Waals surface area (Å²) in [6.07, 6.45) is -3.89. The van der Waals surface area contributed by atoms with E-state index in [2.05, 4.69) is 20.8 Å². The van der Waals surface area contributed by atoms with Crippen LogP contribution in [-0.4, -0.2) is 22.4 Å². The van der Waals surface area contributed by atoms with Gasteiger partial charge in [-0.1, -0.05) is 18.2 Å². The molecule has 2 aromatic rings. The van der Waals surface area contributed by atoms with Crippen molar-refractivity contribution in [2.75, 3.05) is 10.6 Å². The molecule has 0 atom stereocenters. The summed E-state index contributed by atoms with van der Waals surface area (Å²) >= 11 is 0. The van der Waals surface area contributed by atoms with E-state index >= 15 is 0 Å². The normalized spacial score (nSPS) is 11.2. The lowest BCUT2D eigenvalue weighted by Crippen LogP contribution is -2.20. The third kappa shape index (κ3) is 4.83. The lowest BCUT2D eigenvalue weighted by Gasteiger charge is -2.12. The van der Waals surface area contributed by atoms with Crippen LogP contribution in [0.5, 0.6) is 0 Å². The summed E-state index contributed by atoms with van der Waals surface area (Å²) in [4.78, 5) is 11.7. The Labute approximate surface area is 118 Å². The van der Waals surface area contributed by atoms with Crippen LogP contribution in [0.2, 0.25) is 0 Å². The predicted molar refractivity (Wildman–Crippen MR) is 72.0 cm³/mol. The first kappa shape index (κ1) is 14.9. The molecule has 0 saturated carbocycles. The number of H-pyrrole nitrogens is 1. The minimum absolute atomic E-state index is 0.190. The van der Waals surface area contributed by atoms with E-state index in [1.54, 1.807) is 30.3 Å². The molecule has 1 aromatic carbocycles. The molecule has 8 heteroatoms. The molecule has 0 aliphatic rings. The van der Waals surface area contributed by atoms with Gasteiger partial charge in [0.15, 0.2) is 0 Å². The molecular formula is C13H13F3N4O. The summed E-state index contributed by atoms with van der Waals surface area (Å²) in [5, 5.41) is 11.2. The Morgan fingerprint density at radius 3 is 2.62 bits per heavy atom.